The average Bonchev–Trinajstić information content (AvgIpc) is 3.75. The molecule has 264 valence electrons. The first-order valence-electron chi connectivity index (χ1n) is 17.5. The van der Waals surface area contributed by atoms with Crippen LogP contribution in [0.2, 0.25) is 0 Å². The van der Waals surface area contributed by atoms with E-state index >= 15 is 0 Å². The number of hydrogen-bond acceptors (Lipinski definition) is 4. The third-order valence-electron chi connectivity index (χ3n) is 10.3. The number of nitrogens with zero attached hydrogens (tertiary/aromatic N) is 4. The smallest absolute Gasteiger partial charge is 0.135 e. The van der Waals surface area contributed by atoms with E-state index in [1.54, 1.807) is 0 Å². The molecule has 0 amide bonds. The summed E-state index contributed by atoms with van der Waals surface area (Å²) >= 11 is 0. The molecular weight excluding hydrogens is 820 g/mol. The predicted molar refractivity (Wildman–Crippen MR) is 211 cm³/mol. The summed E-state index contributed by atoms with van der Waals surface area (Å²) in [5.74, 6) is 2.09. The molecule has 0 unspecified atom stereocenters. The van der Waals surface area contributed by atoms with Crippen LogP contribution < -0.4 is 14.5 Å². The van der Waals surface area contributed by atoms with Gasteiger partial charge in [-0.05, 0) is 102 Å². The number of aromatic nitrogens is 2. The largest absolute Gasteiger partial charge is 0.509 e. The Labute approximate surface area is 321 Å². The number of fused-ring (bicyclic) bond motifs is 3. The Morgan fingerprint density at radius 2 is 1.38 bits per heavy atom. The molecule has 0 atom stereocenters. The molecule has 0 fully saturated rings. The number of hydrogen-bond donors (Lipinski definition) is 0. The minimum Gasteiger partial charge on any atom is -0.509 e. The number of pyridine rings is 1. The monoisotopic (exact) mass is 860 g/mol. The van der Waals surface area contributed by atoms with Crippen molar-refractivity contribution >= 4 is 33.2 Å². The summed E-state index contributed by atoms with van der Waals surface area (Å²) in [6, 6.07) is 40.6. The Hall–Kier alpha value is -5.12. The second-order valence-electron chi connectivity index (χ2n) is 14.4. The van der Waals surface area contributed by atoms with Crippen LogP contribution in [0.4, 0.5) is 11.4 Å². The Morgan fingerprint density at radius 1 is 0.673 bits per heavy atom. The third-order valence-corrected chi connectivity index (χ3v) is 10.3. The van der Waals surface area contributed by atoms with Gasteiger partial charge in [-0.2, -0.15) is 12.1 Å². The van der Waals surface area contributed by atoms with Crippen LogP contribution in [0.5, 0.6) is 11.5 Å². The van der Waals surface area contributed by atoms with Crippen molar-refractivity contribution in [3.63, 3.8) is 0 Å². The number of rotatable bonds is 6. The maximum Gasteiger partial charge on any atom is 0.135 e. The van der Waals surface area contributed by atoms with E-state index in [0.29, 0.717) is 11.5 Å². The molecule has 3 heterocycles. The molecule has 0 spiro atoms. The molecule has 1 aliphatic rings. The van der Waals surface area contributed by atoms with E-state index in [1.807, 2.05) is 30.5 Å². The number of para-hydroxylation sites is 1. The molecule has 6 heteroatoms. The van der Waals surface area contributed by atoms with Gasteiger partial charge < -0.3 is 19.1 Å². The average molecular weight is 861 g/mol. The van der Waals surface area contributed by atoms with Gasteiger partial charge in [0, 0.05) is 55.5 Å². The van der Waals surface area contributed by atoms with Crippen molar-refractivity contribution in [2.75, 3.05) is 9.80 Å². The normalized spacial score (nSPS) is 12.9. The summed E-state index contributed by atoms with van der Waals surface area (Å²) in [6.07, 6.45) is 6.09. The van der Waals surface area contributed by atoms with Crippen LogP contribution >= 0.6 is 0 Å². The van der Waals surface area contributed by atoms with Gasteiger partial charge in [0.05, 0.1) is 0 Å². The standard InChI is InChI=1S/C46H41N4O.Pt/c1-30-31(2)33(4)45(44(32(30)3)34-14-9-8-10-15-34)49-25-24-48(29-49)36-16-13-17-37(27-36)51-38-20-21-40-39-18-11-12-19-41(39)50(42(40)28-38)43-26-35(22-23-47-43)46(5,6)7;/h8-26,29H,1-7H3;/q-3;. The van der Waals surface area contributed by atoms with Crippen molar-refractivity contribution in [2.24, 2.45) is 0 Å². The second-order valence-corrected chi connectivity index (χ2v) is 14.4. The van der Waals surface area contributed by atoms with Gasteiger partial charge in [-0.15, -0.1) is 48.1 Å². The van der Waals surface area contributed by atoms with Gasteiger partial charge in [0.2, 0.25) is 0 Å². The van der Waals surface area contributed by atoms with Crippen LogP contribution in [0.25, 0.3) is 38.8 Å². The second kappa shape index (κ2) is 13.8. The van der Waals surface area contributed by atoms with E-state index in [1.165, 1.54) is 44.6 Å². The molecule has 0 N–H and O–H groups in total. The number of ether oxygens (including phenoxy) is 1. The van der Waals surface area contributed by atoms with Gasteiger partial charge in [-0.1, -0.05) is 74.8 Å². The molecule has 5 nitrogen and oxygen atoms in total. The Kier molecular flexibility index (Phi) is 9.35. The Bertz CT molecular complexity index is 2470. The van der Waals surface area contributed by atoms with Crippen LogP contribution in [-0.4, -0.2) is 9.55 Å². The molecule has 0 bridgehead atoms. The SMILES string of the molecule is Cc1c(C)c(C)c(N2C=CN(c3[c-]c(Oc4[c-]c5c(cc4)c4ccccc4n5-c4cc(C(C)(C)C)ccn4)ccc3)[CH-]2)c(-c2ccccc2)c1C.[Pt]. The zero-order valence-electron chi connectivity index (χ0n) is 30.6. The van der Waals surface area contributed by atoms with E-state index in [-0.39, 0.29) is 26.5 Å². The minimum absolute atomic E-state index is 0. The fourth-order valence-electron chi connectivity index (χ4n) is 7.15. The summed E-state index contributed by atoms with van der Waals surface area (Å²) < 4.78 is 8.67. The zero-order valence-corrected chi connectivity index (χ0v) is 32.8. The first kappa shape index (κ1) is 35.3. The first-order chi connectivity index (χ1) is 24.6. The topological polar surface area (TPSA) is 33.5 Å². The molecule has 0 radical (unpaired) electrons. The van der Waals surface area contributed by atoms with Crippen LogP contribution in [-0.2, 0) is 26.5 Å². The third kappa shape index (κ3) is 6.22. The van der Waals surface area contributed by atoms with E-state index in [4.69, 9.17) is 9.72 Å². The predicted octanol–water partition coefficient (Wildman–Crippen LogP) is 11.7. The van der Waals surface area contributed by atoms with E-state index in [0.717, 1.165) is 33.3 Å². The van der Waals surface area contributed by atoms with Crippen molar-refractivity contribution in [1.29, 1.82) is 0 Å². The molecular formula is C46H41N4OPt-3. The molecule has 2 aromatic heterocycles. The minimum atomic E-state index is -0.00465. The molecule has 8 rings (SSSR count). The molecule has 0 saturated heterocycles. The van der Waals surface area contributed by atoms with Crippen molar-refractivity contribution in [3.8, 4) is 28.4 Å². The maximum absolute atomic E-state index is 6.48. The molecule has 1 aliphatic heterocycles. The zero-order chi connectivity index (χ0) is 35.4. The van der Waals surface area contributed by atoms with Gasteiger partial charge in [0.15, 0.2) is 0 Å². The van der Waals surface area contributed by atoms with Crippen molar-refractivity contribution < 1.29 is 25.8 Å². The summed E-state index contributed by atoms with van der Waals surface area (Å²) in [7, 11) is 0. The van der Waals surface area contributed by atoms with Crippen molar-refractivity contribution in [3.05, 3.63) is 162 Å². The van der Waals surface area contributed by atoms with E-state index in [9.17, 15) is 0 Å². The fraction of sp³-hybridized carbons (Fsp3) is 0.174. The first-order valence-corrected chi connectivity index (χ1v) is 17.5. The van der Waals surface area contributed by atoms with Crippen molar-refractivity contribution in [2.45, 2.75) is 53.9 Å². The van der Waals surface area contributed by atoms with E-state index in [2.05, 4.69) is 167 Å². The van der Waals surface area contributed by atoms with E-state index < -0.39 is 0 Å². The number of anilines is 2. The van der Waals surface area contributed by atoms with Crippen molar-refractivity contribution in [1.82, 2.24) is 9.55 Å². The number of benzene rings is 5. The Balaban J connectivity index is 0.00000420. The molecule has 52 heavy (non-hydrogen) atoms. The van der Waals surface area contributed by atoms with Gasteiger partial charge in [0.1, 0.15) is 5.82 Å². The van der Waals surface area contributed by atoms with Gasteiger partial charge in [0.25, 0.3) is 0 Å². The summed E-state index contributed by atoms with van der Waals surface area (Å²) in [6.45, 7) is 17.7. The summed E-state index contributed by atoms with van der Waals surface area (Å²) in [4.78, 5) is 9.12. The summed E-state index contributed by atoms with van der Waals surface area (Å²) in [5, 5.41) is 2.25. The van der Waals surface area contributed by atoms with Gasteiger partial charge >= 0.3 is 0 Å². The molecule has 7 aromatic rings. The molecule has 5 aromatic carbocycles. The summed E-state index contributed by atoms with van der Waals surface area (Å²) in [5.41, 5.74) is 13.0. The van der Waals surface area contributed by atoms with Gasteiger partial charge in [-0.25, -0.2) is 4.98 Å². The van der Waals surface area contributed by atoms with Gasteiger partial charge in [-0.3, -0.25) is 0 Å². The molecule has 0 saturated carbocycles. The molecule has 0 aliphatic carbocycles. The van der Waals surface area contributed by atoms with Crippen LogP contribution in [0.1, 0.15) is 48.6 Å². The fourth-order valence-corrected chi connectivity index (χ4v) is 7.15. The Morgan fingerprint density at radius 3 is 2.17 bits per heavy atom. The van der Waals surface area contributed by atoms with Crippen LogP contribution in [0.15, 0.2) is 116 Å². The maximum atomic E-state index is 6.48. The van der Waals surface area contributed by atoms with Crippen LogP contribution in [0.3, 0.4) is 0 Å². The quantitative estimate of drug-likeness (QED) is 0.156. The van der Waals surface area contributed by atoms with Crippen LogP contribution in [0, 0.1) is 46.5 Å².